The third-order valence-corrected chi connectivity index (χ3v) is 8.33. The maximum absolute atomic E-state index is 13.1. The van der Waals surface area contributed by atoms with Gasteiger partial charge < -0.3 is 4.74 Å². The first-order valence-electron chi connectivity index (χ1n) is 8.83. The summed E-state index contributed by atoms with van der Waals surface area (Å²) in [5.74, 6) is -0.992. The van der Waals surface area contributed by atoms with Crippen LogP contribution >= 0.6 is 11.6 Å². The quantitative estimate of drug-likeness (QED) is 0.715. The van der Waals surface area contributed by atoms with Crippen molar-refractivity contribution in [3.05, 3.63) is 47.0 Å². The number of carbonyl (C=O) groups is 1. The highest BCUT2D eigenvalue weighted by molar-refractivity contribution is 7.94. The van der Waals surface area contributed by atoms with Crippen molar-refractivity contribution in [2.75, 3.05) is 21.9 Å². The second-order valence-electron chi connectivity index (χ2n) is 7.61. The van der Waals surface area contributed by atoms with E-state index in [9.17, 15) is 21.6 Å². The first-order chi connectivity index (χ1) is 13.8. The van der Waals surface area contributed by atoms with Gasteiger partial charge in [0.25, 0.3) is 10.0 Å². The van der Waals surface area contributed by atoms with Gasteiger partial charge in [0.15, 0.2) is 0 Å². The molecule has 11 heteroatoms. The van der Waals surface area contributed by atoms with Gasteiger partial charge >= 0.3 is 0 Å². The van der Waals surface area contributed by atoms with Gasteiger partial charge in [0.1, 0.15) is 10.6 Å². The maximum atomic E-state index is 13.1. The van der Waals surface area contributed by atoms with Gasteiger partial charge in [0.05, 0.1) is 29.7 Å². The second-order valence-corrected chi connectivity index (χ2v) is 11.5. The fraction of sp³-hybridized carbons (Fsp3) is 0.316. The third-order valence-electron chi connectivity index (χ3n) is 4.69. The first kappa shape index (κ1) is 22.4. The molecule has 0 unspecified atom stereocenters. The van der Waals surface area contributed by atoms with E-state index in [4.69, 9.17) is 16.3 Å². The SMILES string of the molecule is COc1ccc(N2C(=O)C(C)(C)CS2(=O)=O)cc1S(=O)(=O)Nc1ccc(Cl)cc1C. The van der Waals surface area contributed by atoms with Crippen molar-refractivity contribution in [3.63, 3.8) is 0 Å². The summed E-state index contributed by atoms with van der Waals surface area (Å²) in [6.07, 6.45) is 0. The molecule has 0 saturated carbocycles. The molecule has 0 bridgehead atoms. The Balaban J connectivity index is 2.10. The number of nitrogens with one attached hydrogen (secondary N) is 1. The molecule has 0 spiro atoms. The third kappa shape index (κ3) is 3.99. The number of aryl methyl sites for hydroxylation is 1. The Kier molecular flexibility index (Phi) is 5.55. The molecule has 1 N–H and O–H groups in total. The second kappa shape index (κ2) is 7.44. The van der Waals surface area contributed by atoms with Crippen molar-refractivity contribution in [1.29, 1.82) is 0 Å². The van der Waals surface area contributed by atoms with Crippen molar-refractivity contribution in [2.45, 2.75) is 25.7 Å². The van der Waals surface area contributed by atoms with Crippen LogP contribution in [0.3, 0.4) is 0 Å². The van der Waals surface area contributed by atoms with E-state index in [1.165, 1.54) is 45.2 Å². The minimum Gasteiger partial charge on any atom is -0.495 e. The molecule has 1 saturated heterocycles. The molecule has 2 aromatic rings. The zero-order chi connectivity index (χ0) is 22.5. The molecule has 1 aliphatic heterocycles. The molecule has 2 aromatic carbocycles. The molecule has 0 aliphatic carbocycles. The Morgan fingerprint density at radius 2 is 1.83 bits per heavy atom. The Labute approximate surface area is 180 Å². The number of halogens is 1. The van der Waals surface area contributed by atoms with E-state index in [2.05, 4.69) is 4.72 Å². The van der Waals surface area contributed by atoms with Crippen LogP contribution in [0, 0.1) is 12.3 Å². The summed E-state index contributed by atoms with van der Waals surface area (Å²) < 4.78 is 59.6. The predicted octanol–water partition coefficient (Wildman–Crippen LogP) is 3.16. The van der Waals surface area contributed by atoms with Gasteiger partial charge in [-0.3, -0.25) is 9.52 Å². The van der Waals surface area contributed by atoms with Crippen molar-refractivity contribution in [1.82, 2.24) is 0 Å². The minimum atomic E-state index is -4.18. The van der Waals surface area contributed by atoms with E-state index in [0.717, 1.165) is 6.07 Å². The van der Waals surface area contributed by atoms with Gasteiger partial charge in [0, 0.05) is 5.02 Å². The van der Waals surface area contributed by atoms with Crippen LogP contribution in [0.1, 0.15) is 19.4 Å². The van der Waals surface area contributed by atoms with E-state index < -0.39 is 31.4 Å². The molecule has 1 amide bonds. The smallest absolute Gasteiger partial charge is 0.265 e. The van der Waals surface area contributed by atoms with Crippen molar-refractivity contribution in [3.8, 4) is 5.75 Å². The van der Waals surface area contributed by atoms with E-state index >= 15 is 0 Å². The highest BCUT2D eigenvalue weighted by Gasteiger charge is 2.50. The highest BCUT2D eigenvalue weighted by atomic mass is 35.5. The number of hydrogen-bond acceptors (Lipinski definition) is 6. The van der Waals surface area contributed by atoms with Crippen LogP contribution in [0.5, 0.6) is 5.75 Å². The number of carbonyl (C=O) groups excluding carboxylic acids is 1. The largest absolute Gasteiger partial charge is 0.495 e. The van der Waals surface area contributed by atoms with Gasteiger partial charge in [-0.15, -0.1) is 0 Å². The summed E-state index contributed by atoms with van der Waals surface area (Å²) in [7, 11) is -6.82. The van der Waals surface area contributed by atoms with E-state index in [0.29, 0.717) is 20.6 Å². The Hall–Kier alpha value is -2.30. The van der Waals surface area contributed by atoms with Crippen LogP contribution in [0.25, 0.3) is 0 Å². The van der Waals surface area contributed by atoms with Crippen LogP contribution in [0.4, 0.5) is 11.4 Å². The lowest BCUT2D eigenvalue weighted by molar-refractivity contribution is -0.123. The fourth-order valence-electron chi connectivity index (χ4n) is 3.20. The first-order valence-corrected chi connectivity index (χ1v) is 12.3. The molecule has 0 aromatic heterocycles. The molecule has 3 rings (SSSR count). The minimum absolute atomic E-state index is 0.00108. The lowest BCUT2D eigenvalue weighted by Gasteiger charge is -2.20. The van der Waals surface area contributed by atoms with Crippen LogP contribution in [-0.2, 0) is 24.8 Å². The van der Waals surface area contributed by atoms with E-state index in [1.54, 1.807) is 13.0 Å². The number of ether oxygens (including phenoxy) is 1. The van der Waals surface area contributed by atoms with E-state index in [-0.39, 0.29) is 22.1 Å². The summed E-state index contributed by atoms with van der Waals surface area (Å²) in [6, 6.07) is 8.42. The van der Waals surface area contributed by atoms with Crippen molar-refractivity contribution >= 4 is 48.9 Å². The zero-order valence-electron chi connectivity index (χ0n) is 16.8. The number of anilines is 2. The topological polar surface area (TPSA) is 110 Å². The van der Waals surface area contributed by atoms with Gasteiger partial charge in [-0.1, -0.05) is 11.6 Å². The summed E-state index contributed by atoms with van der Waals surface area (Å²) >= 11 is 5.92. The lowest BCUT2D eigenvalue weighted by Crippen LogP contribution is -2.33. The van der Waals surface area contributed by atoms with Crippen molar-refractivity contribution < 1.29 is 26.4 Å². The maximum Gasteiger partial charge on any atom is 0.265 e. The average molecular weight is 473 g/mol. The van der Waals surface area contributed by atoms with Gasteiger partial charge in [-0.05, 0) is 62.7 Å². The summed E-state index contributed by atoms with van der Waals surface area (Å²) in [5.41, 5.74) is -0.283. The molecule has 8 nitrogen and oxygen atoms in total. The molecule has 1 fully saturated rings. The number of nitrogens with zero attached hydrogens (tertiary/aromatic N) is 1. The predicted molar refractivity (Wildman–Crippen MR) is 115 cm³/mol. The van der Waals surface area contributed by atoms with E-state index in [1.807, 2.05) is 0 Å². The molecular formula is C19H21ClN2O6S2. The molecular weight excluding hydrogens is 452 g/mol. The van der Waals surface area contributed by atoms with Crippen LogP contribution < -0.4 is 13.8 Å². The summed E-state index contributed by atoms with van der Waals surface area (Å²) in [6.45, 7) is 4.74. The fourth-order valence-corrected chi connectivity index (χ4v) is 6.85. The summed E-state index contributed by atoms with van der Waals surface area (Å²) in [4.78, 5) is 12.4. The Morgan fingerprint density at radius 3 is 2.37 bits per heavy atom. The molecule has 162 valence electrons. The van der Waals surface area contributed by atoms with Gasteiger partial charge in [-0.2, -0.15) is 0 Å². The molecule has 0 atom stereocenters. The average Bonchev–Trinajstić information content (AvgIpc) is 2.79. The number of hydrogen-bond donors (Lipinski definition) is 1. The lowest BCUT2D eigenvalue weighted by atomic mass is 9.95. The molecule has 30 heavy (non-hydrogen) atoms. The number of sulfonamides is 2. The zero-order valence-corrected chi connectivity index (χ0v) is 19.2. The monoisotopic (exact) mass is 472 g/mol. The van der Waals surface area contributed by atoms with Crippen LogP contribution in [-0.4, -0.2) is 35.6 Å². The number of rotatable bonds is 5. The molecule has 1 heterocycles. The number of methoxy groups -OCH3 is 1. The normalized spacial score (nSPS) is 17.8. The highest BCUT2D eigenvalue weighted by Crippen LogP contribution is 2.38. The number of benzene rings is 2. The van der Waals surface area contributed by atoms with Crippen LogP contribution in [0.2, 0.25) is 5.02 Å². The van der Waals surface area contributed by atoms with Gasteiger partial charge in [-0.25, -0.2) is 21.1 Å². The number of amides is 1. The standard InChI is InChI=1S/C19H21ClN2O6S2/c1-12-9-13(20)5-7-15(12)21-30(26,27)17-10-14(6-8-16(17)28-4)22-18(23)19(2,3)11-29(22,24)25/h5-10,21H,11H2,1-4H3. The summed E-state index contributed by atoms with van der Waals surface area (Å²) in [5, 5.41) is 0.454. The Bertz CT molecular complexity index is 1240. The molecule has 1 aliphatic rings. The van der Waals surface area contributed by atoms with Gasteiger partial charge in [0.2, 0.25) is 15.9 Å². The van der Waals surface area contributed by atoms with Crippen LogP contribution in [0.15, 0.2) is 41.3 Å². The Morgan fingerprint density at radius 1 is 1.17 bits per heavy atom. The van der Waals surface area contributed by atoms with Crippen molar-refractivity contribution in [2.24, 2.45) is 5.41 Å². The molecule has 0 radical (unpaired) electrons.